The van der Waals surface area contributed by atoms with Gasteiger partial charge in [-0.25, -0.2) is 0 Å². The number of allylic oxidation sites excluding steroid dienone is 3. The molecule has 0 aliphatic carbocycles. The van der Waals surface area contributed by atoms with E-state index in [1.165, 1.54) is 92.1 Å². The zero-order chi connectivity index (χ0) is 46.5. The Hall–Kier alpha value is -8.70. The molecule has 0 saturated heterocycles. The number of hydrogen-bond acceptors (Lipinski definition) is 3. The van der Waals surface area contributed by atoms with Gasteiger partial charge in [0, 0.05) is 60.4 Å². The first-order valence-corrected chi connectivity index (χ1v) is 24.7. The minimum atomic E-state index is 0.753. The highest BCUT2D eigenvalue weighted by molar-refractivity contribution is 7.25. The summed E-state index contributed by atoms with van der Waals surface area (Å²) in [6.45, 7) is 2.21. The van der Waals surface area contributed by atoms with Gasteiger partial charge in [-0.3, -0.25) is 9.98 Å². The average molecular weight is 912 g/mol. The third-order valence-corrected chi connectivity index (χ3v) is 15.0. The molecule has 0 spiro atoms. The molecule has 1 aliphatic rings. The predicted molar refractivity (Wildman–Crippen MR) is 298 cm³/mol. The number of nitrogens with zero attached hydrogens (tertiary/aromatic N) is 3. The van der Waals surface area contributed by atoms with Gasteiger partial charge in [0.05, 0.1) is 28.1 Å². The Morgan fingerprint density at radius 1 is 0.414 bits per heavy atom. The summed E-state index contributed by atoms with van der Waals surface area (Å²) in [5, 5.41) is 4.86. The van der Waals surface area contributed by atoms with Gasteiger partial charge in [0.1, 0.15) is 0 Å². The summed E-state index contributed by atoms with van der Waals surface area (Å²) < 4.78 is 4.91. The molecule has 0 amide bonds. The van der Waals surface area contributed by atoms with Crippen molar-refractivity contribution in [2.75, 3.05) is 0 Å². The molecule has 12 aromatic rings. The van der Waals surface area contributed by atoms with Crippen molar-refractivity contribution in [2.45, 2.75) is 13.3 Å². The standard InChI is InChI=1S/C66H45N3S/c1-43-55(46-20-10-4-11-21-46)32-33-59(47-22-12-5-13-23-47)68-65(43)48-26-28-49(29-27-48)66-64-58-42-51(31-35-62(58)70-63(64)36-37-67-66)50-30-34-61-57(41-50)56-24-14-15-25-60(56)69(61)54-39-52(44-16-6-2-7-17-44)38-53(40-54)45-18-8-3-9-19-45/h2-32,34-42H,33H2,1H3. The van der Waals surface area contributed by atoms with E-state index in [1.807, 2.05) is 17.5 Å². The Morgan fingerprint density at radius 3 is 1.66 bits per heavy atom. The number of rotatable bonds is 8. The summed E-state index contributed by atoms with van der Waals surface area (Å²) in [5.41, 5.74) is 20.6. The highest BCUT2D eigenvalue weighted by Gasteiger charge is 2.20. The molecule has 330 valence electrons. The van der Waals surface area contributed by atoms with Crippen LogP contribution in [0.5, 0.6) is 0 Å². The summed E-state index contributed by atoms with van der Waals surface area (Å²) in [6.07, 6.45) is 5.04. The quantitative estimate of drug-likeness (QED) is 0.149. The molecule has 0 atom stereocenters. The summed E-state index contributed by atoms with van der Waals surface area (Å²) in [7, 11) is 0. The molecule has 9 aromatic carbocycles. The van der Waals surface area contributed by atoms with Crippen LogP contribution in [-0.4, -0.2) is 15.3 Å². The molecule has 0 unspecified atom stereocenters. The highest BCUT2D eigenvalue weighted by atomic mass is 32.1. The lowest BCUT2D eigenvalue weighted by Crippen LogP contribution is -1.99. The Morgan fingerprint density at radius 2 is 0.971 bits per heavy atom. The highest BCUT2D eigenvalue weighted by Crippen LogP contribution is 2.43. The fourth-order valence-corrected chi connectivity index (χ4v) is 11.5. The van der Waals surface area contributed by atoms with Crippen molar-refractivity contribution >= 4 is 70.3 Å². The Balaban J connectivity index is 0.902. The molecule has 4 heterocycles. The molecule has 0 saturated carbocycles. The van der Waals surface area contributed by atoms with E-state index in [4.69, 9.17) is 9.98 Å². The fraction of sp³-hybridized carbons (Fsp3) is 0.0303. The third kappa shape index (κ3) is 7.38. The van der Waals surface area contributed by atoms with E-state index in [-0.39, 0.29) is 0 Å². The maximum atomic E-state index is 5.41. The predicted octanol–water partition coefficient (Wildman–Crippen LogP) is 17.9. The first kappa shape index (κ1) is 41.5. The van der Waals surface area contributed by atoms with Gasteiger partial charge in [-0.1, -0.05) is 182 Å². The molecule has 0 N–H and O–H groups in total. The van der Waals surface area contributed by atoms with Gasteiger partial charge >= 0.3 is 0 Å². The van der Waals surface area contributed by atoms with Crippen LogP contribution in [0.15, 0.2) is 253 Å². The maximum absolute atomic E-state index is 5.41. The normalized spacial score (nSPS) is 13.0. The van der Waals surface area contributed by atoms with E-state index in [0.717, 1.165) is 45.9 Å². The summed E-state index contributed by atoms with van der Waals surface area (Å²) in [5.74, 6) is 0. The second-order valence-electron chi connectivity index (χ2n) is 18.1. The number of pyridine rings is 1. The van der Waals surface area contributed by atoms with Crippen LogP contribution >= 0.6 is 11.3 Å². The summed E-state index contributed by atoms with van der Waals surface area (Å²) in [4.78, 5) is 10.5. The molecular formula is C66H45N3S. The largest absolute Gasteiger partial charge is 0.309 e. The number of thiophene rings is 1. The van der Waals surface area contributed by atoms with E-state index < -0.39 is 0 Å². The van der Waals surface area contributed by atoms with Gasteiger partial charge in [0.25, 0.3) is 0 Å². The molecule has 3 aromatic heterocycles. The Kier molecular flexibility index (Phi) is 10.3. The number of hydrogen-bond donors (Lipinski definition) is 0. The third-order valence-electron chi connectivity index (χ3n) is 13.9. The molecule has 3 nitrogen and oxygen atoms in total. The number of benzene rings is 9. The lowest BCUT2D eigenvalue weighted by molar-refractivity contribution is 1.18. The molecule has 70 heavy (non-hydrogen) atoms. The molecule has 13 rings (SSSR count). The smallest absolute Gasteiger partial charge is 0.0795 e. The van der Waals surface area contributed by atoms with Crippen molar-refractivity contribution in [3.05, 3.63) is 265 Å². The van der Waals surface area contributed by atoms with Crippen molar-refractivity contribution in [1.29, 1.82) is 0 Å². The van der Waals surface area contributed by atoms with Gasteiger partial charge in [0.2, 0.25) is 0 Å². The number of aliphatic imine (C=N–C) groups is 1. The van der Waals surface area contributed by atoms with Crippen molar-refractivity contribution < 1.29 is 0 Å². The first-order valence-electron chi connectivity index (χ1n) is 23.9. The summed E-state index contributed by atoms with van der Waals surface area (Å²) >= 11 is 1.83. The minimum absolute atomic E-state index is 0.753. The van der Waals surface area contributed by atoms with Crippen LogP contribution in [0, 0.1) is 0 Å². The van der Waals surface area contributed by atoms with Crippen LogP contribution in [0.2, 0.25) is 0 Å². The van der Waals surface area contributed by atoms with Gasteiger partial charge < -0.3 is 4.57 Å². The van der Waals surface area contributed by atoms with Crippen molar-refractivity contribution in [2.24, 2.45) is 4.99 Å². The molecule has 0 bridgehead atoms. The van der Waals surface area contributed by atoms with Gasteiger partial charge in [-0.15, -0.1) is 11.3 Å². The van der Waals surface area contributed by atoms with E-state index in [2.05, 4.69) is 248 Å². The van der Waals surface area contributed by atoms with E-state index in [0.29, 0.717) is 0 Å². The van der Waals surface area contributed by atoms with Crippen LogP contribution in [0.3, 0.4) is 0 Å². The Labute approximate surface area is 411 Å². The average Bonchev–Trinajstić information content (AvgIpc) is 3.92. The van der Waals surface area contributed by atoms with Crippen LogP contribution in [-0.2, 0) is 0 Å². The molecule has 0 fully saturated rings. The monoisotopic (exact) mass is 911 g/mol. The van der Waals surface area contributed by atoms with Crippen LogP contribution in [0.1, 0.15) is 30.0 Å². The zero-order valence-electron chi connectivity index (χ0n) is 38.6. The topological polar surface area (TPSA) is 30.2 Å². The van der Waals surface area contributed by atoms with Crippen molar-refractivity contribution in [3.8, 4) is 50.3 Å². The van der Waals surface area contributed by atoms with Crippen molar-refractivity contribution in [1.82, 2.24) is 9.55 Å². The van der Waals surface area contributed by atoms with Crippen LogP contribution < -0.4 is 0 Å². The number of aromatic nitrogens is 2. The number of fused-ring (bicyclic) bond motifs is 6. The summed E-state index contributed by atoms with van der Waals surface area (Å²) in [6, 6.07) is 83.4. The molecule has 4 heteroatoms. The molecular weight excluding hydrogens is 867 g/mol. The SMILES string of the molecule is CC1=C(c2ccc(-c3nccc4sc5ccc(-c6ccc7c(c6)c6ccccc6n7-c6cc(-c7ccccc7)cc(-c7ccccc7)c6)cc5c34)cc2)N=C(c2ccccc2)CC=C1c1ccccc1. The van der Waals surface area contributed by atoms with Gasteiger partial charge in [-0.2, -0.15) is 0 Å². The Bertz CT molecular complexity index is 3990. The second kappa shape index (κ2) is 17.4. The maximum Gasteiger partial charge on any atom is 0.0795 e. The molecule has 0 radical (unpaired) electrons. The van der Waals surface area contributed by atoms with Crippen molar-refractivity contribution in [3.63, 3.8) is 0 Å². The molecule has 1 aliphatic heterocycles. The van der Waals surface area contributed by atoms with Gasteiger partial charge in [-0.05, 0) is 117 Å². The minimum Gasteiger partial charge on any atom is -0.309 e. The van der Waals surface area contributed by atoms with Crippen LogP contribution in [0.25, 0.3) is 104 Å². The lowest BCUT2D eigenvalue weighted by Gasteiger charge is -2.14. The first-order chi connectivity index (χ1) is 34.6. The van der Waals surface area contributed by atoms with E-state index in [1.54, 1.807) is 0 Å². The van der Waals surface area contributed by atoms with Gasteiger partial charge in [0.15, 0.2) is 0 Å². The fourth-order valence-electron chi connectivity index (χ4n) is 10.5. The van der Waals surface area contributed by atoms with E-state index in [9.17, 15) is 0 Å². The number of para-hydroxylation sites is 1. The van der Waals surface area contributed by atoms with Crippen LogP contribution in [0.4, 0.5) is 0 Å². The second-order valence-corrected chi connectivity index (χ2v) is 19.2. The zero-order valence-corrected chi connectivity index (χ0v) is 39.4. The lowest BCUT2D eigenvalue weighted by atomic mass is 9.94. The van der Waals surface area contributed by atoms with E-state index >= 15 is 0 Å².